The van der Waals surface area contributed by atoms with Gasteiger partial charge in [-0.25, -0.2) is 9.98 Å². The maximum atomic E-state index is 4.73. The third-order valence-corrected chi connectivity index (χ3v) is 6.48. The first-order valence-electron chi connectivity index (χ1n) is 10.1. The molecule has 7 nitrogen and oxygen atoms in total. The summed E-state index contributed by atoms with van der Waals surface area (Å²) in [5.74, 6) is 1.24. The number of fused-ring (bicyclic) bond motifs is 2. The van der Waals surface area contributed by atoms with Gasteiger partial charge < -0.3 is 15.0 Å². The average Bonchev–Trinajstić information content (AvgIpc) is 3.44. The molecule has 0 aromatic carbocycles. The van der Waals surface area contributed by atoms with Gasteiger partial charge in [0.1, 0.15) is 17.7 Å². The Morgan fingerprint density at radius 1 is 1.16 bits per heavy atom. The quantitative estimate of drug-likeness (QED) is 0.272. The Morgan fingerprint density at radius 2 is 2.03 bits per heavy atom. The zero-order valence-corrected chi connectivity index (χ0v) is 18.6. The van der Waals surface area contributed by atoms with Crippen LogP contribution < -0.4 is 5.49 Å². The molecule has 0 fully saturated rings. The smallest absolute Gasteiger partial charge is 0.148 e. The van der Waals surface area contributed by atoms with E-state index in [0.717, 1.165) is 49.6 Å². The molecule has 0 saturated heterocycles. The molecule has 0 saturated carbocycles. The molecule has 0 amide bonds. The lowest BCUT2D eigenvalue weighted by molar-refractivity contribution is 0.879. The zero-order chi connectivity index (χ0) is 21.5. The second-order valence-corrected chi connectivity index (χ2v) is 8.88. The van der Waals surface area contributed by atoms with Crippen molar-refractivity contribution in [2.75, 3.05) is 7.05 Å². The summed E-state index contributed by atoms with van der Waals surface area (Å²) < 4.78 is 1.27. The Morgan fingerprint density at radius 3 is 2.77 bits per heavy atom. The van der Waals surface area contributed by atoms with Crippen molar-refractivity contribution >= 4 is 38.9 Å². The Balaban J connectivity index is 1.63. The van der Waals surface area contributed by atoms with E-state index in [1.807, 2.05) is 18.5 Å². The first kappa shape index (κ1) is 19.4. The summed E-state index contributed by atoms with van der Waals surface area (Å²) >= 11 is 1.76. The maximum Gasteiger partial charge on any atom is 0.148 e. The van der Waals surface area contributed by atoms with Gasteiger partial charge in [0, 0.05) is 25.0 Å². The van der Waals surface area contributed by atoms with E-state index in [2.05, 4.69) is 62.8 Å². The summed E-state index contributed by atoms with van der Waals surface area (Å²) in [6, 6.07) is 6.26. The number of pyridine rings is 2. The van der Waals surface area contributed by atoms with E-state index in [1.165, 1.54) is 10.3 Å². The normalized spacial score (nSPS) is 12.9. The molecule has 156 valence electrons. The third-order valence-electron chi connectivity index (χ3n) is 5.30. The number of nitrogens with one attached hydrogen (secondary N) is 3. The predicted molar refractivity (Wildman–Crippen MR) is 128 cm³/mol. The number of H-pyrrole nitrogens is 3. The third kappa shape index (κ3) is 3.38. The van der Waals surface area contributed by atoms with Crippen molar-refractivity contribution in [3.63, 3.8) is 0 Å². The van der Waals surface area contributed by atoms with Crippen molar-refractivity contribution in [1.29, 1.82) is 0 Å². The van der Waals surface area contributed by atoms with E-state index in [-0.39, 0.29) is 0 Å². The van der Waals surface area contributed by atoms with E-state index in [0.29, 0.717) is 5.92 Å². The van der Waals surface area contributed by atoms with Crippen molar-refractivity contribution in [3.05, 3.63) is 53.4 Å². The fourth-order valence-electron chi connectivity index (χ4n) is 3.87. The van der Waals surface area contributed by atoms with Gasteiger partial charge in [0.05, 0.1) is 38.0 Å². The number of aryl methyl sites for hydroxylation is 1. The van der Waals surface area contributed by atoms with Crippen LogP contribution in [0.2, 0.25) is 0 Å². The molecule has 0 aliphatic rings. The number of aromatic amines is 3. The topological polar surface area (TPSA) is 97.9 Å². The van der Waals surface area contributed by atoms with Crippen LogP contribution in [-0.2, 0) is 0 Å². The second-order valence-electron chi connectivity index (χ2n) is 7.82. The molecule has 0 unspecified atom stereocenters. The van der Waals surface area contributed by atoms with Crippen LogP contribution in [-0.4, -0.2) is 38.3 Å². The van der Waals surface area contributed by atoms with Gasteiger partial charge in [-0.2, -0.15) is 0 Å². The van der Waals surface area contributed by atoms with Gasteiger partial charge in [0.15, 0.2) is 0 Å². The molecule has 5 heterocycles. The molecule has 0 aliphatic heterocycles. The fourth-order valence-corrected chi connectivity index (χ4v) is 5.13. The second kappa shape index (κ2) is 7.63. The Hall–Kier alpha value is -3.52. The van der Waals surface area contributed by atoms with Crippen LogP contribution in [0.1, 0.15) is 30.9 Å². The molecule has 5 aromatic heterocycles. The van der Waals surface area contributed by atoms with Gasteiger partial charge in [-0.15, -0.1) is 11.3 Å². The van der Waals surface area contributed by atoms with E-state index in [1.54, 1.807) is 30.9 Å². The summed E-state index contributed by atoms with van der Waals surface area (Å²) in [7, 11) is 1.71. The monoisotopic (exact) mass is 429 g/mol. The summed E-state index contributed by atoms with van der Waals surface area (Å²) in [6.07, 6.45) is 7.13. The minimum Gasteiger partial charge on any atom is -0.354 e. The molecule has 0 spiro atoms. The summed E-state index contributed by atoms with van der Waals surface area (Å²) in [6.45, 7) is 6.52. The molecular formula is C23H23N7S. The van der Waals surface area contributed by atoms with Gasteiger partial charge in [-0.1, -0.05) is 13.8 Å². The first-order valence-corrected chi connectivity index (χ1v) is 11.0. The minimum atomic E-state index is 0.368. The Kier molecular flexibility index (Phi) is 4.78. The highest BCUT2D eigenvalue weighted by molar-refractivity contribution is 7.22. The van der Waals surface area contributed by atoms with Gasteiger partial charge in [-0.05, 0) is 42.2 Å². The fraction of sp³-hybridized carbons (Fsp3) is 0.217. The number of thiophene rings is 1. The molecule has 8 heteroatoms. The van der Waals surface area contributed by atoms with Gasteiger partial charge in [-0.3, -0.25) is 9.98 Å². The molecular weight excluding hydrogens is 406 g/mol. The summed E-state index contributed by atoms with van der Waals surface area (Å²) in [4.78, 5) is 28.6. The molecule has 3 N–H and O–H groups in total. The van der Waals surface area contributed by atoms with Crippen LogP contribution in [0.25, 0.3) is 43.2 Å². The van der Waals surface area contributed by atoms with Crippen LogP contribution in [0.3, 0.4) is 0 Å². The predicted octanol–water partition coefficient (Wildman–Crippen LogP) is 5.15. The van der Waals surface area contributed by atoms with Crippen LogP contribution in [0.5, 0.6) is 0 Å². The van der Waals surface area contributed by atoms with E-state index < -0.39 is 0 Å². The van der Waals surface area contributed by atoms with Crippen molar-refractivity contribution in [1.82, 2.24) is 24.9 Å². The highest BCUT2D eigenvalue weighted by Crippen LogP contribution is 2.42. The number of imidazole rings is 1. The average molecular weight is 430 g/mol. The van der Waals surface area contributed by atoms with Crippen molar-refractivity contribution in [2.24, 2.45) is 9.98 Å². The Labute approximate surface area is 183 Å². The van der Waals surface area contributed by atoms with Crippen molar-refractivity contribution in [2.45, 2.75) is 26.7 Å². The standard InChI is InChI=1S/C23H23N7S/c1-12(2)19-20(14-7-13(3)22(26-9-14)27-11-24-4)28-16-8-18(31-21(16)19)23-29-15-5-6-25-10-17(15)30-23/h5-12,28H,1-4H3,(H,29,30)(H,24,26,27). The number of hydrogen-bond acceptors (Lipinski definition) is 4. The van der Waals surface area contributed by atoms with E-state index in [9.17, 15) is 0 Å². The molecule has 5 rings (SSSR count). The van der Waals surface area contributed by atoms with E-state index >= 15 is 0 Å². The van der Waals surface area contributed by atoms with Crippen molar-refractivity contribution < 1.29 is 0 Å². The summed E-state index contributed by atoms with van der Waals surface area (Å²) in [5, 5.41) is 0. The van der Waals surface area contributed by atoms with Gasteiger partial charge >= 0.3 is 0 Å². The lowest BCUT2D eigenvalue weighted by atomic mass is 9.99. The number of rotatable bonds is 4. The van der Waals surface area contributed by atoms with Crippen LogP contribution in [0.4, 0.5) is 0 Å². The summed E-state index contributed by atoms with van der Waals surface area (Å²) in [5.41, 5.74) is 8.47. The molecule has 0 radical (unpaired) electrons. The van der Waals surface area contributed by atoms with Gasteiger partial charge in [0.25, 0.3) is 0 Å². The number of aromatic nitrogens is 5. The van der Waals surface area contributed by atoms with Crippen molar-refractivity contribution in [3.8, 4) is 22.0 Å². The SMILES string of the molecule is C/N=C\N=c1/[nH]cc(-c2[nH]c3cc(-c4nc5ccncc5[nH]4)sc3c2C(C)C)cc1C. The lowest BCUT2D eigenvalue weighted by Gasteiger charge is -2.09. The number of nitrogens with zero attached hydrogens (tertiary/aromatic N) is 4. The Bertz CT molecular complexity index is 1460. The molecule has 0 atom stereocenters. The molecule has 5 aromatic rings. The largest absolute Gasteiger partial charge is 0.354 e. The molecule has 0 bridgehead atoms. The lowest BCUT2D eigenvalue weighted by Crippen LogP contribution is -2.11. The molecule has 31 heavy (non-hydrogen) atoms. The molecule has 0 aliphatic carbocycles. The van der Waals surface area contributed by atoms with Crippen LogP contribution in [0.15, 0.2) is 46.8 Å². The number of hydrogen-bond donors (Lipinski definition) is 3. The van der Waals surface area contributed by atoms with Crippen LogP contribution in [0, 0.1) is 6.92 Å². The van der Waals surface area contributed by atoms with Gasteiger partial charge in [0.2, 0.25) is 0 Å². The van der Waals surface area contributed by atoms with E-state index in [4.69, 9.17) is 4.98 Å². The minimum absolute atomic E-state index is 0.368. The zero-order valence-electron chi connectivity index (χ0n) is 17.8. The highest BCUT2D eigenvalue weighted by atomic mass is 32.1. The van der Waals surface area contributed by atoms with Crippen LogP contribution >= 0.6 is 11.3 Å². The first-order chi connectivity index (χ1) is 15.0. The maximum absolute atomic E-state index is 4.73. The number of aliphatic imine (C=N–C) groups is 1. The highest BCUT2D eigenvalue weighted by Gasteiger charge is 2.20.